The minimum Gasteiger partial charge on any atom is -0.368 e. The fourth-order valence-electron chi connectivity index (χ4n) is 3.83. The Kier molecular flexibility index (Phi) is 4.25. The molecule has 1 aromatic carbocycles. The lowest BCUT2D eigenvalue weighted by Gasteiger charge is -2.08. The van der Waals surface area contributed by atoms with E-state index in [1.54, 1.807) is 10.7 Å². The standard InChI is InChI=1S/C21H19N9/c1-13-14(10-22)4-2-6-17(13)18-9-19(25-21(23)24-18)20-12-29(28-26-20)11-15-8-16-5-3-7-30(16)27-15/h2,4,6,8-9,12H,3,5,7,11H2,1H3,(H2,23,24,25). The summed E-state index contributed by atoms with van der Waals surface area (Å²) in [5, 5.41) is 22.4. The van der Waals surface area contributed by atoms with Gasteiger partial charge in [0.1, 0.15) is 5.69 Å². The first kappa shape index (κ1) is 18.0. The average Bonchev–Trinajstić information content (AvgIpc) is 3.44. The Morgan fingerprint density at radius 1 is 1.17 bits per heavy atom. The SMILES string of the molecule is Cc1c(C#N)cccc1-c1cc(-c2cn(Cc3cc4n(n3)CCC4)nn2)nc(N)n1. The molecule has 4 heterocycles. The first-order chi connectivity index (χ1) is 14.6. The molecule has 2 N–H and O–H groups in total. The topological polar surface area (TPSA) is 124 Å². The molecular weight excluding hydrogens is 378 g/mol. The Hall–Kier alpha value is -4.06. The van der Waals surface area contributed by atoms with E-state index in [1.807, 2.05) is 31.3 Å². The van der Waals surface area contributed by atoms with E-state index in [0.29, 0.717) is 29.2 Å². The van der Waals surface area contributed by atoms with Gasteiger partial charge in [-0.15, -0.1) is 5.10 Å². The van der Waals surface area contributed by atoms with Crippen molar-refractivity contribution in [3.05, 3.63) is 59.0 Å². The number of aryl methyl sites for hydroxylation is 2. The average molecular weight is 397 g/mol. The highest BCUT2D eigenvalue weighted by Gasteiger charge is 2.16. The third-order valence-corrected chi connectivity index (χ3v) is 5.32. The second-order valence-electron chi connectivity index (χ2n) is 7.34. The van der Waals surface area contributed by atoms with Gasteiger partial charge in [0.2, 0.25) is 5.95 Å². The van der Waals surface area contributed by atoms with Crippen LogP contribution in [0.25, 0.3) is 22.6 Å². The van der Waals surface area contributed by atoms with Crippen molar-refractivity contribution in [2.45, 2.75) is 32.9 Å². The molecule has 30 heavy (non-hydrogen) atoms. The third kappa shape index (κ3) is 3.18. The molecule has 0 atom stereocenters. The summed E-state index contributed by atoms with van der Waals surface area (Å²) in [6, 6.07) is 11.7. The number of nitrogens with zero attached hydrogens (tertiary/aromatic N) is 8. The molecule has 1 aliphatic rings. The highest BCUT2D eigenvalue weighted by Crippen LogP contribution is 2.27. The fourth-order valence-corrected chi connectivity index (χ4v) is 3.83. The van der Waals surface area contributed by atoms with Gasteiger partial charge in [-0.3, -0.25) is 4.68 Å². The predicted molar refractivity (Wildman–Crippen MR) is 110 cm³/mol. The maximum absolute atomic E-state index is 9.30. The lowest BCUT2D eigenvalue weighted by Crippen LogP contribution is -2.03. The van der Waals surface area contributed by atoms with Crippen LogP contribution in [0.4, 0.5) is 5.95 Å². The van der Waals surface area contributed by atoms with E-state index in [0.717, 1.165) is 36.2 Å². The molecule has 3 aromatic heterocycles. The Morgan fingerprint density at radius 3 is 2.87 bits per heavy atom. The zero-order valence-corrected chi connectivity index (χ0v) is 16.4. The van der Waals surface area contributed by atoms with E-state index in [4.69, 9.17) is 5.73 Å². The lowest BCUT2D eigenvalue weighted by molar-refractivity contribution is 0.601. The molecule has 0 spiro atoms. The third-order valence-electron chi connectivity index (χ3n) is 5.32. The van der Waals surface area contributed by atoms with Crippen molar-refractivity contribution in [1.82, 2.24) is 34.7 Å². The molecule has 0 amide bonds. The van der Waals surface area contributed by atoms with Gasteiger partial charge in [-0.05, 0) is 43.5 Å². The highest BCUT2D eigenvalue weighted by atomic mass is 15.4. The number of nitrogens with two attached hydrogens (primary N) is 1. The monoisotopic (exact) mass is 397 g/mol. The summed E-state index contributed by atoms with van der Waals surface area (Å²) in [5.74, 6) is 0.143. The van der Waals surface area contributed by atoms with Gasteiger partial charge in [-0.2, -0.15) is 10.4 Å². The Labute approximate surface area is 172 Å². The van der Waals surface area contributed by atoms with Crippen LogP contribution in [0.2, 0.25) is 0 Å². The number of nitriles is 1. The van der Waals surface area contributed by atoms with Gasteiger partial charge in [-0.25, -0.2) is 14.6 Å². The molecule has 9 nitrogen and oxygen atoms in total. The van der Waals surface area contributed by atoms with Crippen molar-refractivity contribution >= 4 is 5.95 Å². The van der Waals surface area contributed by atoms with Crippen LogP contribution >= 0.6 is 0 Å². The minimum absolute atomic E-state index is 0.143. The van der Waals surface area contributed by atoms with Crippen molar-refractivity contribution in [3.63, 3.8) is 0 Å². The molecule has 0 radical (unpaired) electrons. The number of hydrogen-bond acceptors (Lipinski definition) is 7. The second-order valence-corrected chi connectivity index (χ2v) is 7.34. The van der Waals surface area contributed by atoms with Gasteiger partial charge in [0.25, 0.3) is 0 Å². The van der Waals surface area contributed by atoms with Crippen molar-refractivity contribution in [2.24, 2.45) is 0 Å². The maximum atomic E-state index is 9.30. The number of aromatic nitrogens is 7. The van der Waals surface area contributed by atoms with Crippen molar-refractivity contribution in [3.8, 4) is 28.7 Å². The molecular formula is C21H19N9. The van der Waals surface area contributed by atoms with E-state index >= 15 is 0 Å². The molecule has 5 rings (SSSR count). The van der Waals surface area contributed by atoms with Gasteiger partial charge < -0.3 is 5.73 Å². The van der Waals surface area contributed by atoms with E-state index in [9.17, 15) is 5.26 Å². The van der Waals surface area contributed by atoms with Gasteiger partial charge in [0.05, 0.1) is 41.5 Å². The lowest BCUT2D eigenvalue weighted by atomic mass is 10.00. The summed E-state index contributed by atoms with van der Waals surface area (Å²) in [5.41, 5.74) is 12.3. The van der Waals surface area contributed by atoms with Crippen LogP contribution in [0.15, 0.2) is 36.5 Å². The van der Waals surface area contributed by atoms with Gasteiger partial charge >= 0.3 is 0 Å². The molecule has 148 valence electrons. The van der Waals surface area contributed by atoms with E-state index in [2.05, 4.69) is 42.2 Å². The van der Waals surface area contributed by atoms with Crippen LogP contribution in [0.3, 0.4) is 0 Å². The molecule has 9 heteroatoms. The summed E-state index contributed by atoms with van der Waals surface area (Å²) >= 11 is 0. The molecule has 4 aromatic rings. The van der Waals surface area contributed by atoms with E-state index in [1.165, 1.54) is 5.69 Å². The highest BCUT2D eigenvalue weighted by molar-refractivity contribution is 5.71. The predicted octanol–water partition coefficient (Wildman–Crippen LogP) is 2.36. The van der Waals surface area contributed by atoms with Crippen LogP contribution < -0.4 is 5.73 Å². The number of fused-ring (bicyclic) bond motifs is 1. The smallest absolute Gasteiger partial charge is 0.221 e. The number of benzene rings is 1. The summed E-state index contributed by atoms with van der Waals surface area (Å²) in [6.07, 6.45) is 4.06. The van der Waals surface area contributed by atoms with E-state index in [-0.39, 0.29) is 5.95 Å². The summed E-state index contributed by atoms with van der Waals surface area (Å²) < 4.78 is 3.80. The van der Waals surface area contributed by atoms with Gasteiger partial charge in [0.15, 0.2) is 0 Å². The molecule has 0 aliphatic carbocycles. The van der Waals surface area contributed by atoms with Crippen LogP contribution in [0.1, 0.15) is 28.9 Å². The summed E-state index contributed by atoms with van der Waals surface area (Å²) in [7, 11) is 0. The molecule has 1 aliphatic heterocycles. The Balaban J connectivity index is 1.46. The summed E-state index contributed by atoms with van der Waals surface area (Å²) in [4.78, 5) is 8.69. The molecule has 0 saturated carbocycles. The maximum Gasteiger partial charge on any atom is 0.221 e. The largest absolute Gasteiger partial charge is 0.368 e. The first-order valence-corrected chi connectivity index (χ1v) is 9.71. The molecule has 0 fully saturated rings. The van der Waals surface area contributed by atoms with Gasteiger partial charge in [0, 0.05) is 17.8 Å². The van der Waals surface area contributed by atoms with Crippen molar-refractivity contribution in [1.29, 1.82) is 5.26 Å². The Morgan fingerprint density at radius 2 is 2.03 bits per heavy atom. The second kappa shape index (κ2) is 7.08. The van der Waals surface area contributed by atoms with Crippen LogP contribution in [-0.2, 0) is 19.5 Å². The van der Waals surface area contributed by atoms with E-state index < -0.39 is 0 Å². The van der Waals surface area contributed by atoms with Crippen molar-refractivity contribution < 1.29 is 0 Å². The zero-order chi connectivity index (χ0) is 20.7. The minimum atomic E-state index is 0.143. The number of nitrogen functional groups attached to an aromatic ring is 1. The normalized spacial score (nSPS) is 12.7. The molecule has 0 saturated heterocycles. The molecule has 0 unspecified atom stereocenters. The fraction of sp³-hybridized carbons (Fsp3) is 0.238. The van der Waals surface area contributed by atoms with Crippen LogP contribution in [0.5, 0.6) is 0 Å². The number of rotatable bonds is 4. The number of hydrogen-bond donors (Lipinski definition) is 1. The Bertz CT molecular complexity index is 1270. The first-order valence-electron chi connectivity index (χ1n) is 9.71. The van der Waals surface area contributed by atoms with Gasteiger partial charge in [-0.1, -0.05) is 17.3 Å². The zero-order valence-electron chi connectivity index (χ0n) is 16.4. The summed E-state index contributed by atoms with van der Waals surface area (Å²) in [6.45, 7) is 3.42. The number of anilines is 1. The van der Waals surface area contributed by atoms with Crippen LogP contribution in [0, 0.1) is 18.3 Å². The molecule has 0 bridgehead atoms. The van der Waals surface area contributed by atoms with Crippen LogP contribution in [-0.4, -0.2) is 34.7 Å². The van der Waals surface area contributed by atoms with Crippen molar-refractivity contribution in [2.75, 3.05) is 5.73 Å². The quantitative estimate of drug-likeness (QED) is 0.560.